The third-order valence-electron chi connectivity index (χ3n) is 3.25. The summed E-state index contributed by atoms with van der Waals surface area (Å²) in [4.78, 5) is 23.0. The molecule has 1 atom stereocenters. The summed E-state index contributed by atoms with van der Waals surface area (Å²) in [6, 6.07) is 2.96. The number of amides is 1. The van der Waals surface area contributed by atoms with Crippen molar-refractivity contribution >= 4 is 35.6 Å². The average molecular weight is 406 g/mol. The minimum Gasteiger partial charge on any atom is -0.493 e. The van der Waals surface area contributed by atoms with Gasteiger partial charge in [0, 0.05) is 7.11 Å². The van der Waals surface area contributed by atoms with Crippen molar-refractivity contribution in [2.24, 2.45) is 0 Å². The van der Waals surface area contributed by atoms with E-state index in [4.69, 9.17) is 37.4 Å². The van der Waals surface area contributed by atoms with Crippen LogP contribution in [0.3, 0.4) is 0 Å². The van der Waals surface area contributed by atoms with E-state index in [0.29, 0.717) is 43.1 Å². The van der Waals surface area contributed by atoms with E-state index in [-0.39, 0.29) is 16.6 Å². The molecule has 1 aromatic carbocycles. The number of nitrogens with one attached hydrogen (secondary N) is 1. The maximum atomic E-state index is 11.9. The lowest BCUT2D eigenvalue weighted by Gasteiger charge is -2.23. The Hall–Kier alpha value is -1.50. The Morgan fingerprint density at radius 2 is 2.00 bits per heavy atom. The first kappa shape index (κ1) is 22.5. The van der Waals surface area contributed by atoms with Crippen LogP contribution in [0.1, 0.15) is 44.0 Å². The van der Waals surface area contributed by atoms with Gasteiger partial charge >= 0.3 is 6.09 Å². The fourth-order valence-corrected chi connectivity index (χ4v) is 2.53. The molecule has 0 aliphatic rings. The molecule has 6 nitrogen and oxygen atoms in total. The van der Waals surface area contributed by atoms with Crippen LogP contribution in [0.2, 0.25) is 10.0 Å². The van der Waals surface area contributed by atoms with Crippen LogP contribution in [0.5, 0.6) is 5.75 Å². The predicted molar refractivity (Wildman–Crippen MR) is 102 cm³/mol. The summed E-state index contributed by atoms with van der Waals surface area (Å²) in [7, 11) is 1.56. The van der Waals surface area contributed by atoms with Crippen LogP contribution < -0.4 is 10.1 Å². The fourth-order valence-electron chi connectivity index (χ4n) is 2.17. The number of benzene rings is 1. The van der Waals surface area contributed by atoms with Gasteiger partial charge in [0.2, 0.25) is 0 Å². The van der Waals surface area contributed by atoms with Gasteiger partial charge in [0.25, 0.3) is 0 Å². The summed E-state index contributed by atoms with van der Waals surface area (Å²) in [6.45, 7) is 6.09. The summed E-state index contributed by atoms with van der Waals surface area (Å²) in [6.07, 6.45) is 1.36. The monoisotopic (exact) mass is 405 g/mol. The zero-order chi connectivity index (χ0) is 19.7. The molecule has 1 amide bonds. The summed E-state index contributed by atoms with van der Waals surface area (Å²) >= 11 is 11.9. The van der Waals surface area contributed by atoms with E-state index in [2.05, 4.69) is 5.32 Å². The lowest BCUT2D eigenvalue weighted by Crippen LogP contribution is -2.41. The van der Waals surface area contributed by atoms with Crippen molar-refractivity contribution in [1.82, 2.24) is 5.32 Å². The number of ether oxygens (including phenoxy) is 3. The van der Waals surface area contributed by atoms with Crippen LogP contribution in [0.4, 0.5) is 4.79 Å². The van der Waals surface area contributed by atoms with Crippen molar-refractivity contribution in [3.63, 3.8) is 0 Å². The predicted octanol–water partition coefficient (Wildman–Crippen LogP) is 4.50. The summed E-state index contributed by atoms with van der Waals surface area (Å²) < 4.78 is 16.0. The Morgan fingerprint density at radius 1 is 1.31 bits per heavy atom. The number of aldehydes is 1. The van der Waals surface area contributed by atoms with E-state index < -0.39 is 11.7 Å². The van der Waals surface area contributed by atoms with Crippen LogP contribution in [-0.2, 0) is 9.47 Å². The number of carbonyl (C=O) groups excluding carboxylic acids is 2. The molecule has 0 saturated carbocycles. The van der Waals surface area contributed by atoms with Crippen LogP contribution >= 0.6 is 23.2 Å². The third-order valence-corrected chi connectivity index (χ3v) is 4.07. The van der Waals surface area contributed by atoms with Gasteiger partial charge in [-0.15, -0.1) is 0 Å². The minimum absolute atomic E-state index is 0.169. The second kappa shape index (κ2) is 10.6. The van der Waals surface area contributed by atoms with Crippen molar-refractivity contribution in [1.29, 1.82) is 0 Å². The highest BCUT2D eigenvalue weighted by Gasteiger charge is 2.19. The Labute approximate surface area is 164 Å². The number of halogens is 2. The van der Waals surface area contributed by atoms with Crippen LogP contribution in [0.15, 0.2) is 12.1 Å². The number of hydrogen-bond acceptors (Lipinski definition) is 5. The highest BCUT2D eigenvalue weighted by Crippen LogP contribution is 2.31. The Balaban J connectivity index is 2.52. The number of rotatable bonds is 9. The standard InChI is InChI=1S/C18H25Cl2NO5/c1-18(2,3)26-17(23)21-12(11-24-4)6-5-9-25-15-8-7-14(19)16(20)13(15)10-22/h7-8,10,12H,5-6,9,11H2,1-4H3,(H,21,23)/t12-/m1/s1. The second-order valence-electron chi connectivity index (χ2n) is 6.68. The molecule has 1 aromatic rings. The van der Waals surface area contributed by atoms with Crippen LogP contribution in [-0.4, -0.2) is 44.3 Å². The molecule has 0 fully saturated rings. The normalized spacial score (nSPS) is 12.4. The van der Waals surface area contributed by atoms with Crippen molar-refractivity contribution in [3.05, 3.63) is 27.7 Å². The Kier molecular flexibility index (Phi) is 9.19. The van der Waals surface area contributed by atoms with E-state index in [1.54, 1.807) is 40.0 Å². The van der Waals surface area contributed by atoms with Crippen molar-refractivity contribution in [3.8, 4) is 5.75 Å². The Morgan fingerprint density at radius 3 is 2.58 bits per heavy atom. The molecule has 26 heavy (non-hydrogen) atoms. The van der Waals surface area contributed by atoms with Gasteiger partial charge in [-0.3, -0.25) is 4.79 Å². The summed E-state index contributed by atoms with van der Waals surface area (Å²) in [5.41, 5.74) is -0.344. The van der Waals surface area contributed by atoms with Gasteiger partial charge in [-0.25, -0.2) is 4.79 Å². The molecule has 0 spiro atoms. The average Bonchev–Trinajstić information content (AvgIpc) is 2.53. The van der Waals surface area contributed by atoms with E-state index in [9.17, 15) is 9.59 Å². The molecular weight excluding hydrogens is 381 g/mol. The lowest BCUT2D eigenvalue weighted by atomic mass is 10.1. The molecule has 1 N–H and O–H groups in total. The number of methoxy groups -OCH3 is 1. The molecule has 0 aliphatic heterocycles. The Bertz CT molecular complexity index is 616. The quantitative estimate of drug-likeness (QED) is 0.483. The molecule has 0 bridgehead atoms. The van der Waals surface area contributed by atoms with E-state index in [0.717, 1.165) is 0 Å². The van der Waals surface area contributed by atoms with Crippen molar-refractivity contribution < 1.29 is 23.8 Å². The van der Waals surface area contributed by atoms with Crippen molar-refractivity contribution in [2.45, 2.75) is 45.3 Å². The first-order valence-corrected chi connectivity index (χ1v) is 8.98. The largest absolute Gasteiger partial charge is 0.493 e. The first-order valence-electron chi connectivity index (χ1n) is 8.22. The fraction of sp³-hybridized carbons (Fsp3) is 0.556. The van der Waals surface area contributed by atoms with Crippen LogP contribution in [0.25, 0.3) is 0 Å². The molecule has 0 saturated heterocycles. The number of hydrogen-bond donors (Lipinski definition) is 1. The van der Waals surface area contributed by atoms with E-state index >= 15 is 0 Å². The SMILES string of the molecule is COC[C@@H](CCCOc1ccc(Cl)c(Cl)c1C=O)NC(=O)OC(C)(C)C. The topological polar surface area (TPSA) is 73.9 Å². The second-order valence-corrected chi connectivity index (χ2v) is 7.47. The lowest BCUT2D eigenvalue weighted by molar-refractivity contribution is 0.0461. The highest BCUT2D eigenvalue weighted by atomic mass is 35.5. The van der Waals surface area contributed by atoms with E-state index in [1.807, 2.05) is 0 Å². The maximum absolute atomic E-state index is 11.9. The first-order chi connectivity index (χ1) is 12.2. The minimum atomic E-state index is -0.566. The van der Waals surface area contributed by atoms with E-state index in [1.165, 1.54) is 0 Å². The molecule has 0 unspecified atom stereocenters. The molecule has 0 heterocycles. The third kappa shape index (κ3) is 7.81. The highest BCUT2D eigenvalue weighted by molar-refractivity contribution is 6.43. The summed E-state index contributed by atoms with van der Waals surface area (Å²) in [5.74, 6) is 0.373. The van der Waals surface area contributed by atoms with Crippen molar-refractivity contribution in [2.75, 3.05) is 20.3 Å². The molecule has 0 radical (unpaired) electrons. The van der Waals surface area contributed by atoms with Gasteiger partial charge in [-0.2, -0.15) is 0 Å². The van der Waals surface area contributed by atoms with Gasteiger partial charge in [0.1, 0.15) is 11.4 Å². The zero-order valence-corrected chi connectivity index (χ0v) is 16.9. The molecule has 0 aliphatic carbocycles. The maximum Gasteiger partial charge on any atom is 0.407 e. The molecule has 0 aromatic heterocycles. The smallest absolute Gasteiger partial charge is 0.407 e. The van der Waals surface area contributed by atoms with Gasteiger partial charge in [0.05, 0.1) is 34.9 Å². The summed E-state index contributed by atoms with van der Waals surface area (Å²) in [5, 5.41) is 3.24. The zero-order valence-electron chi connectivity index (χ0n) is 15.4. The van der Waals surface area contributed by atoms with Crippen LogP contribution in [0, 0.1) is 0 Å². The molecule has 1 rings (SSSR count). The molecular formula is C18H25Cl2NO5. The van der Waals surface area contributed by atoms with Gasteiger partial charge < -0.3 is 19.5 Å². The van der Waals surface area contributed by atoms with Gasteiger partial charge in [-0.05, 0) is 45.7 Å². The molecule has 8 heteroatoms. The number of carbonyl (C=O) groups is 2. The van der Waals surface area contributed by atoms with Gasteiger partial charge in [0.15, 0.2) is 6.29 Å². The molecule has 146 valence electrons. The van der Waals surface area contributed by atoms with Gasteiger partial charge in [-0.1, -0.05) is 23.2 Å². The number of alkyl carbamates (subject to hydrolysis) is 1.